The van der Waals surface area contributed by atoms with E-state index in [4.69, 9.17) is 5.73 Å². The lowest BCUT2D eigenvalue weighted by Gasteiger charge is -2.32. The van der Waals surface area contributed by atoms with E-state index in [-0.39, 0.29) is 24.3 Å². The minimum atomic E-state index is -0.627. The Morgan fingerprint density at radius 2 is 1.79 bits per heavy atom. The van der Waals surface area contributed by atoms with E-state index in [1.165, 1.54) is 6.92 Å². The van der Waals surface area contributed by atoms with Gasteiger partial charge in [0, 0.05) is 25.4 Å². The average molecular weight is 378 g/mol. The standard InChI is InChI=1S/C21H22N4O3/c1-14(26)25-11-10-16-4-2-3-5-18(16)19(25)12-20(27)23-13-15-6-8-17(9-7-15)24-21(22)28/h2-11,19H,12-13H2,1H3,(H,23,27)(H3,22,24,28). The van der Waals surface area contributed by atoms with Crippen molar-refractivity contribution in [1.82, 2.24) is 10.2 Å². The highest BCUT2D eigenvalue weighted by Gasteiger charge is 2.27. The van der Waals surface area contributed by atoms with Crippen LogP contribution in [-0.4, -0.2) is 22.7 Å². The van der Waals surface area contributed by atoms with Crippen molar-refractivity contribution in [2.45, 2.75) is 25.9 Å². The molecule has 1 atom stereocenters. The fraction of sp³-hybridized carbons (Fsp3) is 0.190. The first kappa shape index (κ1) is 19.2. The molecule has 0 bridgehead atoms. The molecule has 28 heavy (non-hydrogen) atoms. The maximum Gasteiger partial charge on any atom is 0.316 e. The summed E-state index contributed by atoms with van der Waals surface area (Å²) in [6.07, 6.45) is 3.78. The second kappa shape index (κ2) is 8.39. The van der Waals surface area contributed by atoms with E-state index in [2.05, 4.69) is 10.6 Å². The van der Waals surface area contributed by atoms with Crippen LogP contribution in [0.15, 0.2) is 54.7 Å². The molecule has 2 aromatic rings. The van der Waals surface area contributed by atoms with Gasteiger partial charge in [-0.1, -0.05) is 36.4 Å². The van der Waals surface area contributed by atoms with E-state index in [0.717, 1.165) is 16.7 Å². The fourth-order valence-electron chi connectivity index (χ4n) is 3.21. The maximum absolute atomic E-state index is 12.5. The van der Waals surface area contributed by atoms with Gasteiger partial charge in [0.15, 0.2) is 0 Å². The number of carbonyl (C=O) groups is 3. The molecule has 4 amide bonds. The van der Waals surface area contributed by atoms with Gasteiger partial charge in [0.25, 0.3) is 0 Å². The van der Waals surface area contributed by atoms with Crippen molar-refractivity contribution in [2.24, 2.45) is 5.73 Å². The number of hydrogen-bond donors (Lipinski definition) is 3. The summed E-state index contributed by atoms with van der Waals surface area (Å²) in [5.41, 5.74) is 8.51. The summed E-state index contributed by atoms with van der Waals surface area (Å²) in [5, 5.41) is 5.37. The zero-order valence-electron chi connectivity index (χ0n) is 15.5. The molecule has 7 nitrogen and oxygen atoms in total. The minimum absolute atomic E-state index is 0.110. The molecular formula is C21H22N4O3. The number of benzene rings is 2. The van der Waals surface area contributed by atoms with Crippen LogP contribution in [0.25, 0.3) is 6.08 Å². The van der Waals surface area contributed by atoms with Gasteiger partial charge in [-0.25, -0.2) is 4.79 Å². The predicted molar refractivity (Wildman–Crippen MR) is 107 cm³/mol. The molecule has 1 unspecified atom stereocenters. The zero-order valence-corrected chi connectivity index (χ0v) is 15.5. The number of carbonyl (C=O) groups excluding carboxylic acids is 3. The Morgan fingerprint density at radius 1 is 1.07 bits per heavy atom. The quantitative estimate of drug-likeness (QED) is 0.745. The van der Waals surface area contributed by atoms with E-state index < -0.39 is 6.03 Å². The molecule has 1 aliphatic rings. The first-order valence-electron chi connectivity index (χ1n) is 8.92. The monoisotopic (exact) mass is 378 g/mol. The van der Waals surface area contributed by atoms with E-state index in [0.29, 0.717) is 12.2 Å². The number of primary amides is 1. The molecule has 0 aliphatic carbocycles. The summed E-state index contributed by atoms with van der Waals surface area (Å²) in [5.74, 6) is -0.262. The van der Waals surface area contributed by atoms with Gasteiger partial charge in [-0.3, -0.25) is 9.59 Å². The maximum atomic E-state index is 12.5. The number of amides is 4. The normalized spacial score (nSPS) is 14.9. The Morgan fingerprint density at radius 3 is 2.46 bits per heavy atom. The molecule has 1 aliphatic heterocycles. The van der Waals surface area contributed by atoms with Gasteiger partial charge < -0.3 is 21.3 Å². The molecule has 0 saturated carbocycles. The van der Waals surface area contributed by atoms with Crippen molar-refractivity contribution < 1.29 is 14.4 Å². The molecule has 4 N–H and O–H groups in total. The SMILES string of the molecule is CC(=O)N1C=Cc2ccccc2C1CC(=O)NCc1ccc(NC(N)=O)cc1. The molecule has 3 rings (SSSR count). The largest absolute Gasteiger partial charge is 0.352 e. The third-order valence-corrected chi connectivity index (χ3v) is 4.56. The zero-order chi connectivity index (χ0) is 20.1. The molecule has 144 valence electrons. The fourth-order valence-corrected chi connectivity index (χ4v) is 3.21. The van der Waals surface area contributed by atoms with E-state index in [1.54, 1.807) is 35.4 Å². The minimum Gasteiger partial charge on any atom is -0.352 e. The average Bonchev–Trinajstić information content (AvgIpc) is 2.67. The molecular weight excluding hydrogens is 356 g/mol. The molecule has 7 heteroatoms. The van der Waals surface area contributed by atoms with Crippen molar-refractivity contribution in [2.75, 3.05) is 5.32 Å². The van der Waals surface area contributed by atoms with Crippen molar-refractivity contribution in [3.05, 3.63) is 71.4 Å². The van der Waals surface area contributed by atoms with Crippen molar-refractivity contribution in [3.63, 3.8) is 0 Å². The van der Waals surface area contributed by atoms with Crippen molar-refractivity contribution in [1.29, 1.82) is 0 Å². The summed E-state index contributed by atoms with van der Waals surface area (Å²) < 4.78 is 0. The van der Waals surface area contributed by atoms with E-state index in [9.17, 15) is 14.4 Å². The van der Waals surface area contributed by atoms with Gasteiger partial charge >= 0.3 is 6.03 Å². The van der Waals surface area contributed by atoms with Gasteiger partial charge in [-0.2, -0.15) is 0 Å². The number of urea groups is 1. The third-order valence-electron chi connectivity index (χ3n) is 4.56. The molecule has 0 saturated heterocycles. The van der Waals surface area contributed by atoms with Crippen LogP contribution in [0.5, 0.6) is 0 Å². The van der Waals surface area contributed by atoms with Crippen LogP contribution in [0.1, 0.15) is 36.1 Å². The first-order chi connectivity index (χ1) is 13.4. The van der Waals surface area contributed by atoms with Gasteiger partial charge in [0.05, 0.1) is 12.5 Å². The highest BCUT2D eigenvalue weighted by Crippen LogP contribution is 2.32. The number of hydrogen-bond acceptors (Lipinski definition) is 3. The predicted octanol–water partition coefficient (Wildman–Crippen LogP) is 2.76. The highest BCUT2D eigenvalue weighted by atomic mass is 16.2. The Balaban J connectivity index is 1.64. The molecule has 2 aromatic carbocycles. The number of nitrogens with two attached hydrogens (primary N) is 1. The second-order valence-corrected chi connectivity index (χ2v) is 6.55. The number of anilines is 1. The van der Waals surface area contributed by atoms with E-state index in [1.807, 2.05) is 30.3 Å². The summed E-state index contributed by atoms with van der Waals surface area (Å²) in [6.45, 7) is 1.84. The molecule has 0 spiro atoms. The number of fused-ring (bicyclic) bond motifs is 1. The van der Waals surface area contributed by atoms with Crippen LogP contribution in [0.4, 0.5) is 10.5 Å². The first-order valence-corrected chi connectivity index (χ1v) is 8.92. The van der Waals surface area contributed by atoms with Gasteiger partial charge in [-0.05, 0) is 34.9 Å². The van der Waals surface area contributed by atoms with Crippen LogP contribution in [-0.2, 0) is 16.1 Å². The Hall–Kier alpha value is -3.61. The number of rotatable bonds is 5. The molecule has 0 fully saturated rings. The summed E-state index contributed by atoms with van der Waals surface area (Å²) in [6, 6.07) is 13.8. The highest BCUT2D eigenvalue weighted by molar-refractivity contribution is 5.87. The van der Waals surface area contributed by atoms with Gasteiger partial charge in [-0.15, -0.1) is 0 Å². The topological polar surface area (TPSA) is 105 Å². The lowest BCUT2D eigenvalue weighted by molar-refractivity contribution is -0.130. The van der Waals surface area contributed by atoms with Crippen LogP contribution < -0.4 is 16.4 Å². The van der Waals surface area contributed by atoms with E-state index >= 15 is 0 Å². The number of nitrogens with zero attached hydrogens (tertiary/aromatic N) is 1. The summed E-state index contributed by atoms with van der Waals surface area (Å²) in [4.78, 5) is 37.0. The second-order valence-electron chi connectivity index (χ2n) is 6.55. The van der Waals surface area contributed by atoms with Crippen molar-refractivity contribution in [3.8, 4) is 0 Å². The summed E-state index contributed by atoms with van der Waals surface area (Å²) >= 11 is 0. The van der Waals surface area contributed by atoms with Crippen LogP contribution in [0.2, 0.25) is 0 Å². The molecule has 0 radical (unpaired) electrons. The Labute approximate surface area is 163 Å². The lowest BCUT2D eigenvalue weighted by atomic mass is 9.93. The van der Waals surface area contributed by atoms with Gasteiger partial charge in [0.2, 0.25) is 11.8 Å². The van der Waals surface area contributed by atoms with Gasteiger partial charge in [0.1, 0.15) is 0 Å². The van der Waals surface area contributed by atoms with Crippen LogP contribution in [0.3, 0.4) is 0 Å². The Kier molecular flexibility index (Phi) is 5.74. The lowest BCUT2D eigenvalue weighted by Crippen LogP contribution is -2.35. The molecule has 1 heterocycles. The van der Waals surface area contributed by atoms with Crippen molar-refractivity contribution >= 4 is 29.6 Å². The smallest absolute Gasteiger partial charge is 0.316 e. The van der Waals surface area contributed by atoms with Crippen LogP contribution >= 0.6 is 0 Å². The van der Waals surface area contributed by atoms with Crippen LogP contribution in [0, 0.1) is 0 Å². The number of nitrogens with one attached hydrogen (secondary N) is 2. The molecule has 0 aromatic heterocycles. The third kappa shape index (κ3) is 4.56. The Bertz CT molecular complexity index is 922. The summed E-state index contributed by atoms with van der Waals surface area (Å²) in [7, 11) is 0.